The van der Waals surface area contributed by atoms with Gasteiger partial charge in [-0.05, 0) is 74.7 Å². The summed E-state index contributed by atoms with van der Waals surface area (Å²) in [6.45, 7) is 0.515. The molecule has 1 atom stereocenters. The third-order valence-electron chi connectivity index (χ3n) is 7.23. The van der Waals surface area contributed by atoms with Crippen LogP contribution < -0.4 is 20.3 Å². The number of aromatic nitrogens is 1. The Bertz CT molecular complexity index is 1340. The molecule has 2 aliphatic heterocycles. The average Bonchev–Trinajstić information content (AvgIpc) is 3.10. The second-order valence-corrected chi connectivity index (χ2v) is 9.80. The molecular formula is C25H23F3N6O3S. The quantitative estimate of drug-likeness (QED) is 0.571. The van der Waals surface area contributed by atoms with Crippen molar-refractivity contribution >= 4 is 40.6 Å². The number of ether oxygens (including phenoxy) is 1. The molecule has 2 aromatic rings. The van der Waals surface area contributed by atoms with Gasteiger partial charge in [0.05, 0.1) is 17.4 Å². The van der Waals surface area contributed by atoms with E-state index in [2.05, 4.69) is 4.98 Å². The lowest BCUT2D eigenvalue weighted by atomic mass is 9.75. The number of halogens is 3. The molecule has 1 saturated carbocycles. The zero-order valence-electron chi connectivity index (χ0n) is 20.1. The molecule has 198 valence electrons. The van der Waals surface area contributed by atoms with Crippen LogP contribution in [0.1, 0.15) is 49.8 Å². The van der Waals surface area contributed by atoms with E-state index < -0.39 is 41.1 Å². The lowest BCUT2D eigenvalue weighted by Crippen LogP contribution is -2.55. The van der Waals surface area contributed by atoms with Gasteiger partial charge in [0.15, 0.2) is 17.0 Å². The first-order valence-electron chi connectivity index (χ1n) is 12.1. The number of carbonyl (C=O) groups excluding carboxylic acids is 2. The molecule has 0 radical (unpaired) electrons. The number of hydrogen-bond acceptors (Lipinski definition) is 6. The fourth-order valence-corrected chi connectivity index (χ4v) is 5.66. The minimum absolute atomic E-state index is 0.0233. The Morgan fingerprint density at radius 3 is 2.47 bits per heavy atom. The maximum Gasteiger partial charge on any atom is 0.419 e. The van der Waals surface area contributed by atoms with E-state index in [1.165, 1.54) is 11.0 Å². The molecule has 2 N–H and O–H groups in total. The molecule has 3 amide bonds. The first-order valence-corrected chi connectivity index (χ1v) is 12.5. The first kappa shape index (κ1) is 25.7. The second kappa shape index (κ2) is 9.43. The number of rotatable bonds is 4. The molecule has 13 heteroatoms. The van der Waals surface area contributed by atoms with Gasteiger partial charge in [0.25, 0.3) is 5.91 Å². The third-order valence-corrected chi connectivity index (χ3v) is 7.60. The van der Waals surface area contributed by atoms with E-state index in [0.29, 0.717) is 37.2 Å². The van der Waals surface area contributed by atoms with E-state index in [4.69, 9.17) is 28.0 Å². The standard InChI is InChI=1S/C25H23F3N6O3S/c26-25(27,28)18-12-16(14-31-19(18)13-29)33-21(35)24(9-3-10-24)34(23(33)38)15-5-7-17(8-6-15)37-20-4-1-2-11-32(20)22(30)36/h5-8,12,14,20H,1-4,9-11H2,(H2,30,36). The van der Waals surface area contributed by atoms with Gasteiger partial charge in [0, 0.05) is 18.7 Å². The van der Waals surface area contributed by atoms with E-state index in [-0.39, 0.29) is 10.8 Å². The summed E-state index contributed by atoms with van der Waals surface area (Å²) in [6, 6.07) is 8.44. The van der Waals surface area contributed by atoms with Gasteiger partial charge < -0.3 is 15.4 Å². The molecule has 1 spiro atoms. The van der Waals surface area contributed by atoms with E-state index >= 15 is 0 Å². The number of urea groups is 1. The molecule has 0 bridgehead atoms. The predicted molar refractivity (Wildman–Crippen MR) is 134 cm³/mol. The van der Waals surface area contributed by atoms with Crippen molar-refractivity contribution in [2.24, 2.45) is 5.73 Å². The smallest absolute Gasteiger partial charge is 0.419 e. The second-order valence-electron chi connectivity index (χ2n) is 9.44. The van der Waals surface area contributed by atoms with Crippen LogP contribution in [0.4, 0.5) is 29.3 Å². The van der Waals surface area contributed by atoms with Gasteiger partial charge in [0.1, 0.15) is 17.4 Å². The van der Waals surface area contributed by atoms with Crippen LogP contribution in [0.3, 0.4) is 0 Å². The largest absolute Gasteiger partial charge is 0.470 e. The zero-order valence-corrected chi connectivity index (χ0v) is 20.9. The van der Waals surface area contributed by atoms with Crippen molar-refractivity contribution in [3.8, 4) is 11.8 Å². The van der Waals surface area contributed by atoms with Crippen molar-refractivity contribution < 1.29 is 27.5 Å². The first-order chi connectivity index (χ1) is 18.1. The fourth-order valence-electron chi connectivity index (χ4n) is 5.20. The third kappa shape index (κ3) is 4.18. The number of anilines is 2. The Labute approximate surface area is 221 Å². The lowest BCUT2D eigenvalue weighted by molar-refractivity contribution is -0.138. The van der Waals surface area contributed by atoms with Gasteiger partial charge in [-0.2, -0.15) is 18.4 Å². The molecule has 3 aliphatic rings. The number of nitrogens with two attached hydrogens (primary N) is 1. The van der Waals surface area contributed by atoms with E-state index in [1.807, 2.05) is 0 Å². The molecule has 2 saturated heterocycles. The number of piperidine rings is 1. The monoisotopic (exact) mass is 544 g/mol. The number of amides is 3. The van der Waals surface area contributed by atoms with Crippen LogP contribution in [0.5, 0.6) is 5.75 Å². The van der Waals surface area contributed by atoms with Crippen LogP contribution in [-0.4, -0.2) is 45.2 Å². The Kier molecular flexibility index (Phi) is 6.38. The van der Waals surface area contributed by atoms with Crippen molar-refractivity contribution in [2.45, 2.75) is 56.5 Å². The average molecular weight is 545 g/mol. The molecule has 5 rings (SSSR count). The highest BCUT2D eigenvalue weighted by Crippen LogP contribution is 2.48. The number of carbonyl (C=O) groups is 2. The summed E-state index contributed by atoms with van der Waals surface area (Å²) in [7, 11) is 0. The molecule has 1 aromatic heterocycles. The van der Waals surface area contributed by atoms with Crippen molar-refractivity contribution in [3.05, 3.63) is 47.8 Å². The van der Waals surface area contributed by atoms with Crippen molar-refractivity contribution in [2.75, 3.05) is 16.3 Å². The summed E-state index contributed by atoms with van der Waals surface area (Å²) in [5, 5.41) is 9.09. The lowest BCUT2D eigenvalue weighted by Gasteiger charge is -2.43. The number of primary amides is 1. The van der Waals surface area contributed by atoms with Gasteiger partial charge >= 0.3 is 12.2 Å². The van der Waals surface area contributed by atoms with Crippen LogP contribution in [0.2, 0.25) is 0 Å². The van der Waals surface area contributed by atoms with E-state index in [1.54, 1.807) is 29.2 Å². The van der Waals surface area contributed by atoms with Crippen LogP contribution in [0.15, 0.2) is 36.5 Å². The molecule has 1 aromatic carbocycles. The Morgan fingerprint density at radius 2 is 1.89 bits per heavy atom. The number of likely N-dealkylation sites (tertiary alicyclic amines) is 1. The van der Waals surface area contributed by atoms with Crippen molar-refractivity contribution in [1.82, 2.24) is 9.88 Å². The highest BCUT2D eigenvalue weighted by atomic mass is 32.1. The minimum Gasteiger partial charge on any atom is -0.470 e. The van der Waals surface area contributed by atoms with Crippen LogP contribution in [-0.2, 0) is 11.0 Å². The Balaban J connectivity index is 1.44. The predicted octanol–water partition coefficient (Wildman–Crippen LogP) is 4.30. The van der Waals surface area contributed by atoms with Crippen molar-refractivity contribution in [1.29, 1.82) is 5.26 Å². The summed E-state index contributed by atoms with van der Waals surface area (Å²) in [5.74, 6) is 0.0574. The molecule has 3 fully saturated rings. The zero-order chi connectivity index (χ0) is 27.2. The van der Waals surface area contributed by atoms with Gasteiger partial charge in [0.2, 0.25) is 0 Å². The molecule has 38 heavy (non-hydrogen) atoms. The number of hydrogen-bond donors (Lipinski definition) is 1. The van der Waals surface area contributed by atoms with Crippen LogP contribution >= 0.6 is 12.2 Å². The van der Waals surface area contributed by atoms with Gasteiger partial charge in [-0.3, -0.25) is 14.6 Å². The van der Waals surface area contributed by atoms with E-state index in [0.717, 1.165) is 36.4 Å². The highest BCUT2D eigenvalue weighted by Gasteiger charge is 2.59. The Morgan fingerprint density at radius 1 is 1.18 bits per heavy atom. The molecule has 1 aliphatic carbocycles. The fraction of sp³-hybridized carbons (Fsp3) is 0.400. The minimum atomic E-state index is -4.83. The summed E-state index contributed by atoms with van der Waals surface area (Å²) < 4.78 is 46.7. The molecule has 1 unspecified atom stereocenters. The van der Waals surface area contributed by atoms with Gasteiger partial charge in [-0.25, -0.2) is 9.78 Å². The maximum atomic E-state index is 13.6. The number of thiocarbonyl (C=S) groups is 1. The summed E-state index contributed by atoms with van der Waals surface area (Å²) in [4.78, 5) is 33.2. The van der Waals surface area contributed by atoms with Crippen LogP contribution in [0, 0.1) is 11.3 Å². The molecule has 9 nitrogen and oxygen atoms in total. The highest BCUT2D eigenvalue weighted by molar-refractivity contribution is 7.81. The van der Waals surface area contributed by atoms with E-state index in [9.17, 15) is 22.8 Å². The topological polar surface area (TPSA) is 116 Å². The molecular weight excluding hydrogens is 521 g/mol. The van der Waals surface area contributed by atoms with Gasteiger partial charge in [-0.15, -0.1) is 0 Å². The summed E-state index contributed by atoms with van der Waals surface area (Å²) in [5.41, 5.74) is 2.87. The number of alkyl halides is 3. The van der Waals surface area contributed by atoms with Gasteiger partial charge in [-0.1, -0.05) is 0 Å². The summed E-state index contributed by atoms with van der Waals surface area (Å²) >= 11 is 5.63. The molecule has 3 heterocycles. The number of pyridine rings is 1. The van der Waals surface area contributed by atoms with Crippen molar-refractivity contribution in [3.63, 3.8) is 0 Å². The maximum absolute atomic E-state index is 13.6. The summed E-state index contributed by atoms with van der Waals surface area (Å²) in [6.07, 6.45) is -0.157. The number of nitriles is 1. The number of nitrogens with zero attached hydrogens (tertiary/aromatic N) is 5. The number of benzene rings is 1. The van der Waals surface area contributed by atoms with Crippen LogP contribution in [0.25, 0.3) is 0 Å². The SMILES string of the molecule is N#Cc1ncc(N2C(=O)C3(CCC3)N(c3ccc(OC4CCCCN4C(N)=O)cc3)C2=S)cc1C(F)(F)F. The normalized spacial score (nSPS) is 20.9. The Hall–Kier alpha value is -3.92.